The minimum atomic E-state index is -3.21. The fourth-order valence-electron chi connectivity index (χ4n) is 4.44. The van der Waals surface area contributed by atoms with Gasteiger partial charge in [0.2, 0.25) is 0 Å². The predicted octanol–water partition coefficient (Wildman–Crippen LogP) is 5.59. The van der Waals surface area contributed by atoms with E-state index in [4.69, 9.17) is 16.3 Å². The molecule has 0 N–H and O–H groups in total. The van der Waals surface area contributed by atoms with E-state index in [1.807, 2.05) is 67.3 Å². The molecule has 0 bridgehead atoms. The number of thioether (sulfide) groups is 1. The summed E-state index contributed by atoms with van der Waals surface area (Å²) in [5, 5.41) is 0.710. The fourth-order valence-corrected chi connectivity index (χ4v) is 8.53. The molecule has 2 aliphatic heterocycles. The first-order chi connectivity index (χ1) is 17.2. The average molecular weight is 541 g/mol. The Bertz CT molecular complexity index is 1450. The summed E-state index contributed by atoms with van der Waals surface area (Å²) in [4.78, 5) is 19.2. The van der Waals surface area contributed by atoms with Gasteiger partial charge in [-0.05, 0) is 55.3 Å². The zero-order chi connectivity index (χ0) is 25.4. The third-order valence-electron chi connectivity index (χ3n) is 6.16. The normalized spacial score (nSPS) is 21.5. The van der Waals surface area contributed by atoms with Crippen LogP contribution in [0.2, 0.25) is 5.02 Å². The fraction of sp³-hybridized carbons (Fsp3) is 0.259. The summed E-state index contributed by atoms with van der Waals surface area (Å²) >= 11 is 7.71. The molecule has 0 spiro atoms. The van der Waals surface area contributed by atoms with Gasteiger partial charge < -0.3 is 9.64 Å². The summed E-state index contributed by atoms with van der Waals surface area (Å²) in [5.74, 6) is 0.881. The summed E-state index contributed by atoms with van der Waals surface area (Å²) in [5.41, 5.74) is 3.62. The van der Waals surface area contributed by atoms with E-state index in [1.165, 1.54) is 11.8 Å². The number of carbonyl (C=O) groups is 1. The van der Waals surface area contributed by atoms with Crippen LogP contribution in [0.1, 0.15) is 16.7 Å². The maximum Gasteiger partial charge on any atom is 0.252 e. The lowest BCUT2D eigenvalue weighted by molar-refractivity contribution is -0.117. The number of ether oxygens (including phenoxy) is 1. The molecule has 0 unspecified atom stereocenters. The molecule has 2 saturated heterocycles. The monoisotopic (exact) mass is 540 g/mol. The Morgan fingerprint density at radius 1 is 1.06 bits per heavy atom. The Kier molecular flexibility index (Phi) is 6.85. The van der Waals surface area contributed by atoms with Crippen LogP contribution < -0.4 is 9.64 Å². The Labute approximate surface area is 220 Å². The standard InChI is InChI=1S/C27H25ClN2O4S2/c1-17-6-8-19(9-7-17)13-26(31)29-27-30(23-15-36(32,33)16-25(23)35-27)22-14-20(28)10-11-24(22)34-21-5-3-4-18(2)12-21/h3-12,14,23,25H,13,15-16H2,1-2H3/t23-,25-/m0/s1. The van der Waals surface area contributed by atoms with Gasteiger partial charge in [-0.25, -0.2) is 8.42 Å². The molecule has 186 valence electrons. The first kappa shape index (κ1) is 24.9. The summed E-state index contributed by atoms with van der Waals surface area (Å²) in [7, 11) is -3.21. The first-order valence-corrected chi connectivity index (χ1v) is 14.6. The lowest BCUT2D eigenvalue weighted by Crippen LogP contribution is -2.38. The molecule has 2 heterocycles. The van der Waals surface area contributed by atoms with Crippen molar-refractivity contribution in [2.75, 3.05) is 16.4 Å². The highest BCUT2D eigenvalue weighted by atomic mass is 35.5. The Balaban J connectivity index is 1.52. The Morgan fingerprint density at radius 3 is 2.58 bits per heavy atom. The molecule has 9 heteroatoms. The predicted molar refractivity (Wildman–Crippen MR) is 146 cm³/mol. The molecule has 3 aromatic rings. The van der Waals surface area contributed by atoms with E-state index in [1.54, 1.807) is 18.2 Å². The van der Waals surface area contributed by atoms with Crippen molar-refractivity contribution in [2.24, 2.45) is 4.99 Å². The van der Waals surface area contributed by atoms with E-state index in [0.29, 0.717) is 27.4 Å². The number of hydrogen-bond acceptors (Lipinski definition) is 5. The van der Waals surface area contributed by atoms with Crippen molar-refractivity contribution in [3.63, 3.8) is 0 Å². The Hall–Kier alpha value is -2.81. The highest BCUT2D eigenvalue weighted by molar-refractivity contribution is 8.16. The van der Waals surface area contributed by atoms with Crippen LogP contribution in [0.4, 0.5) is 5.69 Å². The molecule has 36 heavy (non-hydrogen) atoms. The second-order valence-electron chi connectivity index (χ2n) is 9.15. The Morgan fingerprint density at radius 2 is 1.83 bits per heavy atom. The van der Waals surface area contributed by atoms with Crippen molar-refractivity contribution < 1.29 is 17.9 Å². The first-order valence-electron chi connectivity index (χ1n) is 11.5. The number of fused-ring (bicyclic) bond motifs is 1. The molecular weight excluding hydrogens is 516 g/mol. The van der Waals surface area contributed by atoms with Gasteiger partial charge in [-0.3, -0.25) is 4.79 Å². The van der Waals surface area contributed by atoms with Crippen molar-refractivity contribution in [2.45, 2.75) is 31.6 Å². The van der Waals surface area contributed by atoms with E-state index in [0.717, 1.165) is 16.7 Å². The van der Waals surface area contributed by atoms with E-state index in [-0.39, 0.29) is 35.1 Å². The van der Waals surface area contributed by atoms with Gasteiger partial charge in [0.15, 0.2) is 20.8 Å². The van der Waals surface area contributed by atoms with Crippen LogP contribution in [0.5, 0.6) is 11.5 Å². The molecule has 0 aromatic heterocycles. The van der Waals surface area contributed by atoms with E-state index < -0.39 is 9.84 Å². The van der Waals surface area contributed by atoms with E-state index in [2.05, 4.69) is 4.99 Å². The number of sulfone groups is 1. The summed E-state index contributed by atoms with van der Waals surface area (Å²) in [6, 6.07) is 20.3. The zero-order valence-electron chi connectivity index (χ0n) is 19.8. The smallest absolute Gasteiger partial charge is 0.252 e. The van der Waals surface area contributed by atoms with Crippen molar-refractivity contribution in [1.82, 2.24) is 0 Å². The summed E-state index contributed by atoms with van der Waals surface area (Å²) < 4.78 is 31.2. The number of carbonyl (C=O) groups excluding carboxylic acids is 1. The number of aryl methyl sites for hydroxylation is 2. The van der Waals surface area contributed by atoms with Crippen molar-refractivity contribution >= 4 is 50.0 Å². The van der Waals surface area contributed by atoms with Gasteiger partial charge in [0, 0.05) is 10.3 Å². The minimum absolute atomic E-state index is 0.0216. The largest absolute Gasteiger partial charge is 0.455 e. The van der Waals surface area contributed by atoms with Crippen LogP contribution in [0.3, 0.4) is 0 Å². The number of anilines is 1. The third kappa shape index (κ3) is 5.45. The lowest BCUT2D eigenvalue weighted by atomic mass is 10.1. The second kappa shape index (κ2) is 9.92. The number of amides is 1. The molecule has 2 aliphatic rings. The number of benzene rings is 3. The van der Waals surface area contributed by atoms with Crippen LogP contribution in [-0.2, 0) is 21.1 Å². The lowest BCUT2D eigenvalue weighted by Gasteiger charge is -2.27. The second-order valence-corrected chi connectivity index (χ2v) is 12.9. The summed E-state index contributed by atoms with van der Waals surface area (Å²) in [6.45, 7) is 3.97. The van der Waals surface area contributed by atoms with Crippen LogP contribution in [0.25, 0.3) is 0 Å². The maximum absolute atomic E-state index is 13.0. The molecule has 0 aliphatic carbocycles. The quantitative estimate of drug-likeness (QED) is 0.420. The van der Waals surface area contributed by atoms with E-state index in [9.17, 15) is 13.2 Å². The zero-order valence-corrected chi connectivity index (χ0v) is 22.2. The van der Waals surface area contributed by atoms with Gasteiger partial charge in [0.05, 0.1) is 29.7 Å². The number of halogens is 1. The highest BCUT2D eigenvalue weighted by Gasteiger charge is 2.50. The molecule has 0 radical (unpaired) electrons. The van der Waals surface area contributed by atoms with Gasteiger partial charge in [-0.1, -0.05) is 65.3 Å². The average Bonchev–Trinajstić information content (AvgIpc) is 3.27. The number of rotatable bonds is 5. The van der Waals surface area contributed by atoms with Crippen molar-refractivity contribution in [1.29, 1.82) is 0 Å². The highest BCUT2D eigenvalue weighted by Crippen LogP contribution is 2.45. The number of aliphatic imine (C=N–C) groups is 1. The van der Waals surface area contributed by atoms with E-state index >= 15 is 0 Å². The van der Waals surface area contributed by atoms with Crippen LogP contribution in [0, 0.1) is 13.8 Å². The van der Waals surface area contributed by atoms with Crippen LogP contribution in [0.15, 0.2) is 71.7 Å². The van der Waals surface area contributed by atoms with Crippen LogP contribution >= 0.6 is 23.4 Å². The molecule has 3 aromatic carbocycles. The maximum atomic E-state index is 13.0. The molecule has 1 amide bonds. The SMILES string of the molecule is Cc1ccc(CC(=O)N=C2S[C@H]3CS(=O)(=O)C[C@@H]3N2c2cc(Cl)ccc2Oc2cccc(C)c2)cc1. The van der Waals surface area contributed by atoms with Crippen molar-refractivity contribution in [3.8, 4) is 11.5 Å². The molecule has 5 rings (SSSR count). The van der Waals surface area contributed by atoms with Crippen LogP contribution in [-0.4, -0.2) is 42.3 Å². The molecule has 0 saturated carbocycles. The van der Waals surface area contributed by atoms with Gasteiger partial charge >= 0.3 is 0 Å². The molecule has 6 nitrogen and oxygen atoms in total. The molecule has 2 atom stereocenters. The molecular formula is C27H25ClN2O4S2. The number of nitrogens with zero attached hydrogens (tertiary/aromatic N) is 2. The van der Waals surface area contributed by atoms with Gasteiger partial charge in [-0.15, -0.1) is 0 Å². The van der Waals surface area contributed by atoms with Gasteiger partial charge in [-0.2, -0.15) is 4.99 Å². The van der Waals surface area contributed by atoms with Crippen molar-refractivity contribution in [3.05, 3.63) is 88.4 Å². The minimum Gasteiger partial charge on any atom is -0.455 e. The topological polar surface area (TPSA) is 76.0 Å². The molecule has 2 fully saturated rings. The van der Waals surface area contributed by atoms with Gasteiger partial charge in [0.25, 0.3) is 5.91 Å². The summed E-state index contributed by atoms with van der Waals surface area (Å²) in [6.07, 6.45) is 0.161. The third-order valence-corrected chi connectivity index (χ3v) is 9.61. The number of amidine groups is 1. The number of hydrogen-bond donors (Lipinski definition) is 0. The van der Waals surface area contributed by atoms with Gasteiger partial charge in [0.1, 0.15) is 5.75 Å².